The number of ketones is 1. The van der Waals surface area contributed by atoms with Gasteiger partial charge in [0.15, 0.2) is 5.78 Å². The number of hydrogen-bond donors (Lipinski definition) is 0. The maximum atomic E-state index is 11.3. The number of carbonyl (C=O) groups excluding carboxylic acids is 1. The monoisotopic (exact) mass is 292 g/mol. The zero-order valence-electron chi connectivity index (χ0n) is 11.8. The van der Waals surface area contributed by atoms with Crippen molar-refractivity contribution in [3.05, 3.63) is 29.8 Å². The number of ether oxygens (including phenoxy) is 2. The molecule has 2 unspecified atom stereocenters. The number of hydrogen-bond acceptors (Lipinski definition) is 4. The van der Waals surface area contributed by atoms with Crippen molar-refractivity contribution < 1.29 is 14.3 Å². The summed E-state index contributed by atoms with van der Waals surface area (Å²) in [6.45, 7) is 4.00. The molecular weight excluding hydrogens is 272 g/mol. The van der Waals surface area contributed by atoms with Crippen molar-refractivity contribution in [3.63, 3.8) is 0 Å². The summed E-state index contributed by atoms with van der Waals surface area (Å²) in [6, 6.07) is 7.93. The van der Waals surface area contributed by atoms with E-state index in [1.165, 1.54) is 4.90 Å². The van der Waals surface area contributed by atoms with Crippen LogP contribution in [0.2, 0.25) is 0 Å². The minimum atomic E-state index is -0.0325. The van der Waals surface area contributed by atoms with E-state index in [2.05, 4.69) is 12.1 Å². The van der Waals surface area contributed by atoms with E-state index in [0.29, 0.717) is 5.25 Å². The Hall–Kier alpha value is -0.840. The van der Waals surface area contributed by atoms with Crippen molar-refractivity contribution in [2.24, 2.45) is 0 Å². The highest BCUT2D eigenvalue weighted by atomic mass is 32.2. The van der Waals surface area contributed by atoms with Crippen LogP contribution in [0.5, 0.6) is 0 Å². The van der Waals surface area contributed by atoms with E-state index in [9.17, 15) is 4.79 Å². The average molecular weight is 292 g/mol. The van der Waals surface area contributed by atoms with E-state index >= 15 is 0 Å². The third-order valence-corrected chi connectivity index (χ3v) is 5.36. The molecule has 0 aromatic heterocycles. The van der Waals surface area contributed by atoms with Gasteiger partial charge in [-0.25, -0.2) is 0 Å². The second-order valence-corrected chi connectivity index (χ2v) is 7.02. The fraction of sp³-hybridized carbons (Fsp3) is 0.562. The SMILES string of the molecule is CC(=O)c1ccc(SC2CCOC3(CCOC3)C2)cc1. The molecule has 20 heavy (non-hydrogen) atoms. The van der Waals surface area contributed by atoms with Crippen LogP contribution in [-0.4, -0.2) is 36.5 Å². The Morgan fingerprint density at radius 1 is 1.30 bits per heavy atom. The van der Waals surface area contributed by atoms with Crippen LogP contribution in [0.3, 0.4) is 0 Å². The first-order chi connectivity index (χ1) is 9.67. The standard InChI is InChI=1S/C16H20O3S/c1-12(17)13-2-4-14(5-3-13)20-15-6-8-19-16(10-15)7-9-18-11-16/h2-5,15H,6-11H2,1H3. The van der Waals surface area contributed by atoms with Gasteiger partial charge in [0.25, 0.3) is 0 Å². The van der Waals surface area contributed by atoms with Crippen LogP contribution < -0.4 is 0 Å². The molecule has 2 aliphatic heterocycles. The lowest BCUT2D eigenvalue weighted by Crippen LogP contribution is -2.41. The van der Waals surface area contributed by atoms with Crippen LogP contribution in [0.25, 0.3) is 0 Å². The van der Waals surface area contributed by atoms with Gasteiger partial charge in [-0.05, 0) is 31.9 Å². The van der Waals surface area contributed by atoms with E-state index in [4.69, 9.17) is 9.47 Å². The molecule has 1 aromatic rings. The van der Waals surface area contributed by atoms with E-state index in [1.54, 1.807) is 6.92 Å². The van der Waals surface area contributed by atoms with Gasteiger partial charge in [0.1, 0.15) is 0 Å². The largest absolute Gasteiger partial charge is 0.378 e. The first kappa shape index (κ1) is 14.1. The first-order valence-electron chi connectivity index (χ1n) is 7.16. The van der Waals surface area contributed by atoms with Crippen LogP contribution in [0.15, 0.2) is 29.2 Å². The summed E-state index contributed by atoms with van der Waals surface area (Å²) in [7, 11) is 0. The molecule has 3 nitrogen and oxygen atoms in total. The highest BCUT2D eigenvalue weighted by molar-refractivity contribution is 8.00. The predicted octanol–water partition coefficient (Wildman–Crippen LogP) is 3.32. The Morgan fingerprint density at radius 2 is 2.10 bits per heavy atom. The molecule has 4 heteroatoms. The highest BCUT2D eigenvalue weighted by Crippen LogP contribution is 2.39. The molecule has 2 heterocycles. The third-order valence-electron chi connectivity index (χ3n) is 4.08. The van der Waals surface area contributed by atoms with Gasteiger partial charge < -0.3 is 9.47 Å². The second kappa shape index (κ2) is 5.88. The lowest BCUT2D eigenvalue weighted by molar-refractivity contribution is -0.0769. The van der Waals surface area contributed by atoms with Gasteiger partial charge >= 0.3 is 0 Å². The molecule has 1 aromatic carbocycles. The van der Waals surface area contributed by atoms with Crippen LogP contribution in [0, 0.1) is 0 Å². The van der Waals surface area contributed by atoms with Crippen LogP contribution in [0.4, 0.5) is 0 Å². The minimum Gasteiger partial charge on any atom is -0.378 e. The van der Waals surface area contributed by atoms with Crippen molar-refractivity contribution in [1.29, 1.82) is 0 Å². The van der Waals surface area contributed by atoms with Crippen molar-refractivity contribution >= 4 is 17.5 Å². The van der Waals surface area contributed by atoms with Gasteiger partial charge in [-0.15, -0.1) is 11.8 Å². The van der Waals surface area contributed by atoms with Crippen molar-refractivity contribution in [3.8, 4) is 0 Å². The summed E-state index contributed by atoms with van der Waals surface area (Å²) in [5, 5.41) is 0.577. The predicted molar refractivity (Wildman–Crippen MR) is 79.4 cm³/mol. The molecule has 1 spiro atoms. The van der Waals surface area contributed by atoms with Gasteiger partial charge in [0.05, 0.1) is 12.2 Å². The summed E-state index contributed by atoms with van der Waals surface area (Å²) < 4.78 is 11.5. The molecule has 3 rings (SSSR count). The first-order valence-corrected chi connectivity index (χ1v) is 8.04. The summed E-state index contributed by atoms with van der Waals surface area (Å²) in [5.41, 5.74) is 0.747. The smallest absolute Gasteiger partial charge is 0.159 e. The molecule has 108 valence electrons. The van der Waals surface area contributed by atoms with Gasteiger partial charge in [0.2, 0.25) is 0 Å². The molecule has 0 radical (unpaired) electrons. The van der Waals surface area contributed by atoms with E-state index in [1.807, 2.05) is 23.9 Å². The molecule has 0 N–H and O–H groups in total. The maximum Gasteiger partial charge on any atom is 0.159 e. The Morgan fingerprint density at radius 3 is 2.75 bits per heavy atom. The Kier molecular flexibility index (Phi) is 4.15. The van der Waals surface area contributed by atoms with E-state index in [0.717, 1.165) is 44.6 Å². The van der Waals surface area contributed by atoms with Gasteiger partial charge in [-0.3, -0.25) is 4.79 Å². The molecular formula is C16H20O3S. The maximum absolute atomic E-state index is 11.3. The van der Waals surface area contributed by atoms with E-state index < -0.39 is 0 Å². The van der Waals surface area contributed by atoms with Gasteiger partial charge in [-0.1, -0.05) is 12.1 Å². The number of carbonyl (C=O) groups is 1. The summed E-state index contributed by atoms with van der Waals surface area (Å²) >= 11 is 1.90. The average Bonchev–Trinajstić information content (AvgIpc) is 2.87. The number of rotatable bonds is 3. The van der Waals surface area contributed by atoms with Gasteiger partial charge in [0, 0.05) is 35.3 Å². The number of Topliss-reactive ketones (excluding diaryl/α,β-unsaturated/α-hetero) is 1. The normalized spacial score (nSPS) is 29.8. The summed E-state index contributed by atoms with van der Waals surface area (Å²) in [4.78, 5) is 12.5. The molecule has 2 atom stereocenters. The Labute approximate surface area is 124 Å². The zero-order valence-corrected chi connectivity index (χ0v) is 12.6. The van der Waals surface area contributed by atoms with Crippen molar-refractivity contribution in [2.75, 3.05) is 19.8 Å². The fourth-order valence-electron chi connectivity index (χ4n) is 2.91. The second-order valence-electron chi connectivity index (χ2n) is 5.65. The topological polar surface area (TPSA) is 35.5 Å². The third kappa shape index (κ3) is 3.08. The highest BCUT2D eigenvalue weighted by Gasteiger charge is 2.41. The quantitative estimate of drug-likeness (QED) is 0.801. The molecule has 2 saturated heterocycles. The fourth-order valence-corrected chi connectivity index (χ4v) is 4.19. The molecule has 0 amide bonds. The molecule has 0 aliphatic carbocycles. The number of thioether (sulfide) groups is 1. The van der Waals surface area contributed by atoms with Crippen molar-refractivity contribution in [1.82, 2.24) is 0 Å². The minimum absolute atomic E-state index is 0.0325. The molecule has 0 bridgehead atoms. The lowest BCUT2D eigenvalue weighted by atomic mass is 9.93. The Balaban J connectivity index is 1.63. The lowest BCUT2D eigenvalue weighted by Gasteiger charge is -2.36. The van der Waals surface area contributed by atoms with Crippen LogP contribution in [0.1, 0.15) is 36.5 Å². The summed E-state index contributed by atoms with van der Waals surface area (Å²) in [5.74, 6) is 0.120. The number of benzene rings is 1. The van der Waals surface area contributed by atoms with Crippen LogP contribution >= 0.6 is 11.8 Å². The van der Waals surface area contributed by atoms with Gasteiger partial charge in [-0.2, -0.15) is 0 Å². The molecule has 2 aliphatic rings. The van der Waals surface area contributed by atoms with Crippen LogP contribution in [-0.2, 0) is 9.47 Å². The molecule has 2 fully saturated rings. The zero-order chi connectivity index (χ0) is 14.0. The Bertz CT molecular complexity index is 477. The van der Waals surface area contributed by atoms with Crippen molar-refractivity contribution in [2.45, 2.75) is 41.9 Å². The molecule has 0 saturated carbocycles. The summed E-state index contributed by atoms with van der Waals surface area (Å²) in [6.07, 6.45) is 3.17. The van der Waals surface area contributed by atoms with E-state index in [-0.39, 0.29) is 11.4 Å².